The van der Waals surface area contributed by atoms with Gasteiger partial charge in [-0.2, -0.15) is 0 Å². The second-order valence-corrected chi connectivity index (χ2v) is 6.51. The minimum atomic E-state index is -0.304. The Kier molecular flexibility index (Phi) is 4.60. The zero-order chi connectivity index (χ0) is 16.4. The quantitative estimate of drug-likeness (QED) is 0.851. The van der Waals surface area contributed by atoms with Crippen molar-refractivity contribution < 1.29 is 19.0 Å². The molecule has 23 heavy (non-hydrogen) atoms. The maximum atomic E-state index is 12.8. The molecule has 2 heterocycles. The summed E-state index contributed by atoms with van der Waals surface area (Å²) in [6.07, 6.45) is 2.31. The van der Waals surface area contributed by atoms with Crippen LogP contribution in [0.25, 0.3) is 0 Å². The Bertz CT molecular complexity index is 580. The molecular formula is C18H25NO4. The number of carbonyl (C=O) groups excluding carboxylic acids is 1. The molecule has 2 aliphatic heterocycles. The molecule has 2 fully saturated rings. The first-order chi connectivity index (χ1) is 11.1. The Labute approximate surface area is 137 Å². The van der Waals surface area contributed by atoms with E-state index >= 15 is 0 Å². The number of nitrogens with zero attached hydrogens (tertiary/aromatic N) is 1. The van der Waals surface area contributed by atoms with Crippen LogP contribution in [-0.4, -0.2) is 56.4 Å². The van der Waals surface area contributed by atoms with Gasteiger partial charge in [-0.3, -0.25) is 4.79 Å². The monoisotopic (exact) mass is 319 g/mol. The summed E-state index contributed by atoms with van der Waals surface area (Å²) in [5.74, 6) is 0.863. The van der Waals surface area contributed by atoms with Gasteiger partial charge < -0.3 is 19.1 Å². The van der Waals surface area contributed by atoms with Gasteiger partial charge in [-0.15, -0.1) is 0 Å². The Morgan fingerprint density at radius 3 is 2.91 bits per heavy atom. The molecule has 0 unspecified atom stereocenters. The minimum absolute atomic E-state index is 0.0339. The molecule has 1 aromatic carbocycles. The number of hydrogen-bond donors (Lipinski definition) is 0. The van der Waals surface area contributed by atoms with Crippen LogP contribution in [-0.2, 0) is 20.7 Å². The highest BCUT2D eigenvalue weighted by Gasteiger charge is 2.51. The smallest absolute Gasteiger partial charge is 0.227 e. The number of benzene rings is 1. The lowest BCUT2D eigenvalue weighted by molar-refractivity contribution is -0.130. The molecule has 3 rings (SSSR count). The number of ether oxygens (including phenoxy) is 3. The molecule has 2 atom stereocenters. The molecule has 2 aliphatic rings. The second kappa shape index (κ2) is 6.49. The lowest BCUT2D eigenvalue weighted by Crippen LogP contribution is -2.42. The number of amides is 1. The van der Waals surface area contributed by atoms with Crippen molar-refractivity contribution in [2.24, 2.45) is 0 Å². The lowest BCUT2D eigenvalue weighted by atomic mass is 9.96. The third-order valence-corrected chi connectivity index (χ3v) is 4.98. The predicted molar refractivity (Wildman–Crippen MR) is 86.7 cm³/mol. The number of methoxy groups -OCH3 is 2. The van der Waals surface area contributed by atoms with E-state index in [0.717, 1.165) is 36.3 Å². The first kappa shape index (κ1) is 16.3. The fraction of sp³-hybridized carbons (Fsp3) is 0.611. The van der Waals surface area contributed by atoms with Crippen molar-refractivity contribution in [1.29, 1.82) is 0 Å². The highest BCUT2D eigenvalue weighted by Crippen LogP contribution is 2.37. The summed E-state index contributed by atoms with van der Waals surface area (Å²) in [5, 5.41) is 0. The van der Waals surface area contributed by atoms with Crippen LogP contribution in [0.4, 0.5) is 0 Å². The van der Waals surface area contributed by atoms with E-state index in [2.05, 4.69) is 0 Å². The van der Waals surface area contributed by atoms with Crippen molar-refractivity contribution in [3.05, 3.63) is 29.3 Å². The SMILES string of the molecule is COc1ccc(C)cc1CC(=O)N1C[C@H](OC)[C@]2(CCCO2)C1. The molecule has 0 aromatic heterocycles. The van der Waals surface area contributed by atoms with Gasteiger partial charge in [-0.25, -0.2) is 0 Å². The fourth-order valence-corrected chi connectivity index (χ4v) is 3.75. The summed E-state index contributed by atoms with van der Waals surface area (Å²) in [6.45, 7) is 4.00. The van der Waals surface area contributed by atoms with Crippen LogP contribution < -0.4 is 4.74 Å². The summed E-state index contributed by atoms with van der Waals surface area (Å²) in [5.41, 5.74) is 1.75. The van der Waals surface area contributed by atoms with Gasteiger partial charge in [0.1, 0.15) is 17.5 Å². The summed E-state index contributed by atoms with van der Waals surface area (Å²) in [4.78, 5) is 14.6. The van der Waals surface area contributed by atoms with Crippen molar-refractivity contribution in [2.75, 3.05) is 33.9 Å². The summed E-state index contributed by atoms with van der Waals surface area (Å²) in [6, 6.07) is 5.93. The third-order valence-electron chi connectivity index (χ3n) is 4.98. The number of carbonyl (C=O) groups is 1. The Balaban J connectivity index is 1.73. The van der Waals surface area contributed by atoms with Gasteiger partial charge in [0.2, 0.25) is 5.91 Å². The number of aryl methyl sites for hydroxylation is 1. The van der Waals surface area contributed by atoms with Crippen LogP contribution in [0.2, 0.25) is 0 Å². The van der Waals surface area contributed by atoms with Crippen molar-refractivity contribution >= 4 is 5.91 Å². The fourth-order valence-electron chi connectivity index (χ4n) is 3.75. The van der Waals surface area contributed by atoms with Crippen molar-refractivity contribution in [1.82, 2.24) is 4.90 Å². The summed E-state index contributed by atoms with van der Waals surface area (Å²) >= 11 is 0. The normalized spacial score (nSPS) is 26.9. The lowest BCUT2D eigenvalue weighted by Gasteiger charge is -2.27. The average molecular weight is 319 g/mol. The number of likely N-dealkylation sites (tertiary alicyclic amines) is 1. The van der Waals surface area contributed by atoms with Crippen LogP contribution in [0, 0.1) is 6.92 Å². The molecule has 1 spiro atoms. The predicted octanol–water partition coefficient (Wildman–Crippen LogP) is 1.95. The van der Waals surface area contributed by atoms with Gasteiger partial charge in [0.15, 0.2) is 0 Å². The van der Waals surface area contributed by atoms with Crippen LogP contribution in [0.3, 0.4) is 0 Å². The molecule has 1 aromatic rings. The van der Waals surface area contributed by atoms with Crippen LogP contribution in [0.15, 0.2) is 18.2 Å². The molecule has 0 N–H and O–H groups in total. The van der Waals surface area contributed by atoms with Gasteiger partial charge in [0, 0.05) is 25.8 Å². The van der Waals surface area contributed by atoms with E-state index < -0.39 is 0 Å². The van der Waals surface area contributed by atoms with E-state index in [1.165, 1.54) is 0 Å². The maximum absolute atomic E-state index is 12.8. The van der Waals surface area contributed by atoms with Gasteiger partial charge in [-0.05, 0) is 25.8 Å². The molecule has 0 saturated carbocycles. The molecule has 126 valence electrons. The van der Waals surface area contributed by atoms with Gasteiger partial charge in [-0.1, -0.05) is 17.7 Å². The Morgan fingerprint density at radius 2 is 2.26 bits per heavy atom. The van der Waals surface area contributed by atoms with E-state index in [4.69, 9.17) is 14.2 Å². The van der Waals surface area contributed by atoms with Gasteiger partial charge >= 0.3 is 0 Å². The van der Waals surface area contributed by atoms with E-state index in [-0.39, 0.29) is 17.6 Å². The van der Waals surface area contributed by atoms with Crippen molar-refractivity contribution in [2.45, 2.75) is 37.9 Å². The molecule has 1 amide bonds. The highest BCUT2D eigenvalue weighted by molar-refractivity contribution is 5.80. The molecule has 5 heteroatoms. The molecule has 2 saturated heterocycles. The molecule has 0 bridgehead atoms. The highest BCUT2D eigenvalue weighted by atomic mass is 16.6. The van der Waals surface area contributed by atoms with Crippen LogP contribution in [0.5, 0.6) is 5.75 Å². The maximum Gasteiger partial charge on any atom is 0.227 e. The van der Waals surface area contributed by atoms with E-state index in [1.807, 2.05) is 30.0 Å². The van der Waals surface area contributed by atoms with Crippen molar-refractivity contribution in [3.63, 3.8) is 0 Å². The average Bonchev–Trinajstić information content (AvgIpc) is 3.15. The minimum Gasteiger partial charge on any atom is -0.496 e. The second-order valence-electron chi connectivity index (χ2n) is 6.51. The Morgan fingerprint density at radius 1 is 1.43 bits per heavy atom. The summed E-state index contributed by atoms with van der Waals surface area (Å²) in [7, 11) is 3.34. The molecule has 0 aliphatic carbocycles. The number of hydrogen-bond acceptors (Lipinski definition) is 4. The largest absolute Gasteiger partial charge is 0.496 e. The summed E-state index contributed by atoms with van der Waals surface area (Å²) < 4.78 is 16.9. The van der Waals surface area contributed by atoms with E-state index in [9.17, 15) is 4.79 Å². The third kappa shape index (κ3) is 3.08. The van der Waals surface area contributed by atoms with Gasteiger partial charge in [0.25, 0.3) is 0 Å². The molecular weight excluding hydrogens is 294 g/mol. The first-order valence-electron chi connectivity index (χ1n) is 8.16. The number of rotatable bonds is 4. The standard InChI is InChI=1S/C18H25NO4/c1-13-5-6-15(21-2)14(9-13)10-17(20)19-11-16(22-3)18(12-19)7-4-8-23-18/h5-6,9,16H,4,7-8,10-12H2,1-3H3/t16-,18-/m0/s1. The van der Waals surface area contributed by atoms with Crippen molar-refractivity contribution in [3.8, 4) is 5.75 Å². The Hall–Kier alpha value is -1.59. The van der Waals surface area contributed by atoms with Gasteiger partial charge in [0.05, 0.1) is 20.1 Å². The van der Waals surface area contributed by atoms with Crippen LogP contribution in [0.1, 0.15) is 24.0 Å². The van der Waals surface area contributed by atoms with E-state index in [0.29, 0.717) is 19.5 Å². The molecule has 0 radical (unpaired) electrons. The zero-order valence-corrected chi connectivity index (χ0v) is 14.1. The topological polar surface area (TPSA) is 48.0 Å². The zero-order valence-electron chi connectivity index (χ0n) is 14.1. The van der Waals surface area contributed by atoms with E-state index in [1.54, 1.807) is 14.2 Å². The first-order valence-corrected chi connectivity index (χ1v) is 8.16. The van der Waals surface area contributed by atoms with Crippen LogP contribution >= 0.6 is 0 Å². The molecule has 5 nitrogen and oxygen atoms in total.